The summed E-state index contributed by atoms with van der Waals surface area (Å²) in [5, 5.41) is 0. The van der Waals surface area contributed by atoms with E-state index in [1.807, 2.05) is 0 Å². The fourth-order valence-electron chi connectivity index (χ4n) is 3.97. The topological polar surface area (TPSA) is 0 Å². The van der Waals surface area contributed by atoms with Crippen molar-refractivity contribution in [1.29, 1.82) is 0 Å². The second kappa shape index (κ2) is 21.5. The van der Waals surface area contributed by atoms with E-state index < -0.39 is 0 Å². The van der Waals surface area contributed by atoms with Crippen LogP contribution in [0.5, 0.6) is 0 Å². The highest BCUT2D eigenvalue weighted by Gasteiger charge is 1.96. The Kier molecular flexibility index (Phi) is 20.3. The van der Waals surface area contributed by atoms with Gasteiger partial charge in [0.1, 0.15) is 0 Å². The van der Waals surface area contributed by atoms with Crippen molar-refractivity contribution in [3.8, 4) is 0 Å². The Morgan fingerprint density at radius 2 is 0.571 bits per heavy atom. The van der Waals surface area contributed by atoms with Crippen molar-refractivity contribution in [3.63, 3.8) is 0 Å². The number of allylic oxidation sites excluding steroid dienone is 14. The molecule has 0 bridgehead atoms. The van der Waals surface area contributed by atoms with Gasteiger partial charge in [-0.1, -0.05) is 81.5 Å². The molecule has 0 heterocycles. The summed E-state index contributed by atoms with van der Waals surface area (Å²) in [4.78, 5) is 0. The van der Waals surface area contributed by atoms with Crippen LogP contribution >= 0.6 is 0 Å². The van der Waals surface area contributed by atoms with Gasteiger partial charge in [0.2, 0.25) is 0 Å². The molecular weight excluding hydrogens is 420 g/mol. The highest BCUT2D eigenvalue weighted by molar-refractivity contribution is 5.09. The minimum absolute atomic E-state index is 1.17. The van der Waals surface area contributed by atoms with Crippen molar-refractivity contribution >= 4 is 0 Å². The Morgan fingerprint density at radius 3 is 0.800 bits per heavy atom. The van der Waals surface area contributed by atoms with Crippen LogP contribution in [-0.4, -0.2) is 0 Å². The number of hydrogen-bond donors (Lipinski definition) is 0. The summed E-state index contributed by atoms with van der Waals surface area (Å²) in [5.74, 6) is 0. The first kappa shape index (κ1) is 33.2. The zero-order valence-electron chi connectivity index (χ0n) is 25.0. The smallest absolute Gasteiger partial charge is 0.0288 e. The second-order valence-corrected chi connectivity index (χ2v) is 10.9. The summed E-state index contributed by atoms with van der Waals surface area (Å²) in [6, 6.07) is 0. The molecular formula is C35H58. The molecule has 0 unspecified atom stereocenters. The summed E-state index contributed by atoms with van der Waals surface area (Å²) < 4.78 is 0. The number of rotatable bonds is 18. The van der Waals surface area contributed by atoms with Gasteiger partial charge in [-0.2, -0.15) is 0 Å². The lowest BCUT2D eigenvalue weighted by Crippen LogP contribution is -1.83. The summed E-state index contributed by atoms with van der Waals surface area (Å²) >= 11 is 0. The molecule has 0 aromatic heterocycles. The largest absolute Gasteiger partial charge is 0.0887 e. The maximum atomic E-state index is 2.45. The van der Waals surface area contributed by atoms with E-state index in [1.165, 1.54) is 116 Å². The lowest BCUT2D eigenvalue weighted by atomic mass is 10.0. The molecule has 0 spiro atoms. The molecule has 0 aliphatic rings. The van der Waals surface area contributed by atoms with Gasteiger partial charge in [0.05, 0.1) is 0 Å². The lowest BCUT2D eigenvalue weighted by molar-refractivity contribution is 0.883. The molecule has 0 aliphatic heterocycles. The summed E-state index contributed by atoms with van der Waals surface area (Å²) in [7, 11) is 0. The van der Waals surface area contributed by atoms with Gasteiger partial charge in [-0.25, -0.2) is 0 Å². The van der Waals surface area contributed by atoms with E-state index in [4.69, 9.17) is 0 Å². The van der Waals surface area contributed by atoms with Gasteiger partial charge >= 0.3 is 0 Å². The van der Waals surface area contributed by atoms with Crippen molar-refractivity contribution in [2.24, 2.45) is 0 Å². The molecule has 35 heavy (non-hydrogen) atoms. The fourth-order valence-corrected chi connectivity index (χ4v) is 3.97. The highest BCUT2D eigenvalue weighted by Crippen LogP contribution is 2.16. The Hall–Kier alpha value is -1.82. The van der Waals surface area contributed by atoms with Crippen LogP contribution in [0.3, 0.4) is 0 Å². The minimum atomic E-state index is 1.17. The molecule has 0 amide bonds. The van der Waals surface area contributed by atoms with Crippen LogP contribution in [0.1, 0.15) is 139 Å². The summed E-state index contributed by atoms with van der Waals surface area (Å²) in [6.45, 7) is 20.1. The molecule has 0 radical (unpaired) electrons. The van der Waals surface area contributed by atoms with E-state index in [2.05, 4.69) is 105 Å². The average molecular weight is 479 g/mol. The Bertz CT molecular complexity index is 782. The molecule has 0 N–H and O–H groups in total. The molecule has 0 saturated carbocycles. The van der Waals surface area contributed by atoms with E-state index in [0.717, 1.165) is 0 Å². The Morgan fingerprint density at radius 1 is 0.343 bits per heavy atom. The Balaban J connectivity index is 4.13. The zero-order valence-corrected chi connectivity index (χ0v) is 25.0. The molecule has 0 atom stereocenters. The van der Waals surface area contributed by atoms with Gasteiger partial charge in [-0.05, 0) is 139 Å². The first-order valence-electron chi connectivity index (χ1n) is 14.2. The van der Waals surface area contributed by atoms with Gasteiger partial charge < -0.3 is 0 Å². The monoisotopic (exact) mass is 478 g/mol. The fraction of sp³-hybridized carbons (Fsp3) is 0.600. The maximum Gasteiger partial charge on any atom is -0.0288 e. The third kappa shape index (κ3) is 22.4. The summed E-state index contributed by atoms with van der Waals surface area (Å²) in [5.41, 5.74) is 10.6. The predicted molar refractivity (Wildman–Crippen MR) is 163 cm³/mol. The molecule has 0 nitrogen and oxygen atoms in total. The van der Waals surface area contributed by atoms with Crippen molar-refractivity contribution < 1.29 is 0 Å². The van der Waals surface area contributed by atoms with Crippen molar-refractivity contribution in [3.05, 3.63) is 81.5 Å². The molecule has 0 aromatic carbocycles. The van der Waals surface area contributed by atoms with Gasteiger partial charge in [-0.3, -0.25) is 0 Å². The normalized spacial score (nSPS) is 14.5. The van der Waals surface area contributed by atoms with Crippen LogP contribution in [0, 0.1) is 0 Å². The van der Waals surface area contributed by atoms with Crippen LogP contribution in [0.25, 0.3) is 0 Å². The third-order valence-electron chi connectivity index (χ3n) is 6.74. The van der Waals surface area contributed by atoms with E-state index in [1.54, 1.807) is 0 Å². The van der Waals surface area contributed by atoms with E-state index in [0.29, 0.717) is 0 Å². The molecule has 0 fully saturated rings. The standard InChI is InChI=1S/C35H58/c1-10-30(4)18-12-20-32(6)22-14-24-34(8)26-16-28-35(9)27-15-25-33(7)23-13-21-31(5)19-11-17-29(2)3/h10,17,20-21,24-25,28H,11-16,18-19,22-23,26-27H2,1-9H3/b30-10+,31-21+,32-20-,33-25+,34-24+,35-28+. The van der Waals surface area contributed by atoms with Crippen molar-refractivity contribution in [1.82, 2.24) is 0 Å². The molecule has 0 aromatic rings. The second-order valence-electron chi connectivity index (χ2n) is 10.9. The van der Waals surface area contributed by atoms with E-state index >= 15 is 0 Å². The molecule has 0 rings (SSSR count). The van der Waals surface area contributed by atoms with Crippen LogP contribution in [0.4, 0.5) is 0 Å². The third-order valence-corrected chi connectivity index (χ3v) is 6.74. The predicted octanol–water partition coefficient (Wildman–Crippen LogP) is 12.3. The average Bonchev–Trinajstić information content (AvgIpc) is 2.78. The van der Waals surface area contributed by atoms with Crippen LogP contribution in [0.15, 0.2) is 81.5 Å². The van der Waals surface area contributed by atoms with E-state index in [-0.39, 0.29) is 0 Å². The SMILES string of the molecule is C/C=C(\C)CC/C=C(/C)CC/C=C(\C)CC/C=C(\C)CC/C=C(\C)CC/C=C(\C)CCC=C(C)C. The molecule has 0 heteroatoms. The van der Waals surface area contributed by atoms with Gasteiger partial charge in [0.15, 0.2) is 0 Å². The highest BCUT2D eigenvalue weighted by atomic mass is 14.0. The van der Waals surface area contributed by atoms with Crippen LogP contribution in [-0.2, 0) is 0 Å². The van der Waals surface area contributed by atoms with Crippen LogP contribution in [0.2, 0.25) is 0 Å². The van der Waals surface area contributed by atoms with E-state index in [9.17, 15) is 0 Å². The lowest BCUT2D eigenvalue weighted by Gasteiger charge is -2.04. The molecule has 198 valence electrons. The van der Waals surface area contributed by atoms with Crippen molar-refractivity contribution in [2.75, 3.05) is 0 Å². The number of hydrogen-bond acceptors (Lipinski definition) is 0. The quantitative estimate of drug-likeness (QED) is 0.172. The molecule has 0 aliphatic carbocycles. The first-order valence-corrected chi connectivity index (χ1v) is 14.2. The minimum Gasteiger partial charge on any atom is -0.0887 e. The maximum absolute atomic E-state index is 2.45. The van der Waals surface area contributed by atoms with Crippen LogP contribution < -0.4 is 0 Å². The van der Waals surface area contributed by atoms with Gasteiger partial charge in [0.25, 0.3) is 0 Å². The van der Waals surface area contributed by atoms with Crippen molar-refractivity contribution in [2.45, 2.75) is 139 Å². The Labute approximate surface area is 220 Å². The van der Waals surface area contributed by atoms with Gasteiger partial charge in [-0.15, -0.1) is 0 Å². The first-order chi connectivity index (χ1) is 16.6. The van der Waals surface area contributed by atoms with Gasteiger partial charge in [0, 0.05) is 0 Å². The molecule has 0 saturated heterocycles. The zero-order chi connectivity index (χ0) is 26.5. The summed E-state index contributed by atoms with van der Waals surface area (Å²) in [6.07, 6.45) is 31.0.